The van der Waals surface area contributed by atoms with Crippen molar-refractivity contribution in [3.05, 3.63) is 58.6 Å². The first kappa shape index (κ1) is 14.5. The number of benzene rings is 2. The van der Waals surface area contributed by atoms with E-state index in [1.165, 1.54) is 30.3 Å². The van der Waals surface area contributed by atoms with Gasteiger partial charge in [-0.1, -0.05) is 12.1 Å². The molecule has 0 atom stereocenters. The van der Waals surface area contributed by atoms with Crippen LogP contribution in [0.4, 0.5) is 14.5 Å². The number of carbonyl (C=O) groups excluding carboxylic acids is 1. The molecule has 0 aliphatic rings. The van der Waals surface area contributed by atoms with Gasteiger partial charge in [0.2, 0.25) is 0 Å². The number of para-hydroxylation sites is 1. The van der Waals surface area contributed by atoms with Gasteiger partial charge in [-0.05, 0) is 40.2 Å². The monoisotopic (exact) mass is 341 g/mol. The molecule has 3 nitrogen and oxygen atoms in total. The Bertz CT molecular complexity index is 634. The van der Waals surface area contributed by atoms with Gasteiger partial charge in [0.15, 0.2) is 6.61 Å². The highest BCUT2D eigenvalue weighted by molar-refractivity contribution is 9.10. The molecule has 0 aliphatic heterocycles. The number of amides is 1. The molecule has 6 heteroatoms. The maximum absolute atomic E-state index is 13.3. The molecule has 1 N–H and O–H groups in total. The molecule has 2 aromatic carbocycles. The third kappa shape index (κ3) is 3.77. The molecule has 0 unspecified atom stereocenters. The van der Waals surface area contributed by atoms with Gasteiger partial charge in [0.1, 0.15) is 17.4 Å². The zero-order valence-corrected chi connectivity index (χ0v) is 11.8. The second-order valence-corrected chi connectivity index (χ2v) is 4.75. The van der Waals surface area contributed by atoms with Crippen molar-refractivity contribution in [1.82, 2.24) is 0 Å². The van der Waals surface area contributed by atoms with Crippen LogP contribution in [0, 0.1) is 11.6 Å². The van der Waals surface area contributed by atoms with E-state index in [0.29, 0.717) is 4.47 Å². The molecule has 0 bridgehead atoms. The van der Waals surface area contributed by atoms with E-state index in [1.54, 1.807) is 6.07 Å². The quantitative estimate of drug-likeness (QED) is 0.919. The molecular formula is C14H10BrF2NO2. The Morgan fingerprint density at radius 2 is 1.90 bits per heavy atom. The summed E-state index contributed by atoms with van der Waals surface area (Å²) >= 11 is 3.01. The Balaban J connectivity index is 1.92. The Hall–Kier alpha value is -1.95. The number of ether oxygens (including phenoxy) is 1. The number of hydrogen-bond donors (Lipinski definition) is 1. The zero-order valence-electron chi connectivity index (χ0n) is 10.2. The Morgan fingerprint density at radius 1 is 1.15 bits per heavy atom. The fourth-order valence-electron chi connectivity index (χ4n) is 1.46. The van der Waals surface area contributed by atoms with E-state index < -0.39 is 17.5 Å². The molecule has 104 valence electrons. The zero-order chi connectivity index (χ0) is 14.5. The maximum atomic E-state index is 13.3. The minimum atomic E-state index is -0.532. The van der Waals surface area contributed by atoms with Gasteiger partial charge in [0.05, 0.1) is 10.2 Å². The lowest BCUT2D eigenvalue weighted by Gasteiger charge is -2.08. The first-order valence-corrected chi connectivity index (χ1v) is 6.48. The van der Waals surface area contributed by atoms with E-state index in [9.17, 15) is 13.6 Å². The van der Waals surface area contributed by atoms with E-state index >= 15 is 0 Å². The van der Waals surface area contributed by atoms with Gasteiger partial charge >= 0.3 is 0 Å². The molecule has 2 aromatic rings. The fraction of sp³-hybridized carbons (Fsp3) is 0.0714. The van der Waals surface area contributed by atoms with Gasteiger partial charge in [-0.2, -0.15) is 0 Å². The number of nitrogens with one attached hydrogen (secondary N) is 1. The van der Waals surface area contributed by atoms with Crippen molar-refractivity contribution >= 4 is 27.5 Å². The van der Waals surface area contributed by atoms with Gasteiger partial charge < -0.3 is 10.1 Å². The summed E-state index contributed by atoms with van der Waals surface area (Å²) in [4.78, 5) is 11.6. The smallest absolute Gasteiger partial charge is 0.262 e. The van der Waals surface area contributed by atoms with Crippen LogP contribution in [-0.4, -0.2) is 12.5 Å². The lowest BCUT2D eigenvalue weighted by Crippen LogP contribution is -2.20. The summed E-state index contributed by atoms with van der Waals surface area (Å²) in [5.41, 5.74) is 0.0723. The Labute approximate surface area is 122 Å². The van der Waals surface area contributed by atoms with Crippen molar-refractivity contribution in [2.24, 2.45) is 0 Å². The summed E-state index contributed by atoms with van der Waals surface area (Å²) in [5, 5.41) is 2.36. The van der Waals surface area contributed by atoms with Crippen LogP contribution in [-0.2, 0) is 4.79 Å². The molecule has 0 fully saturated rings. The van der Waals surface area contributed by atoms with Crippen LogP contribution in [0.3, 0.4) is 0 Å². The van der Waals surface area contributed by atoms with Crippen molar-refractivity contribution < 1.29 is 18.3 Å². The molecule has 2 rings (SSSR count). The maximum Gasteiger partial charge on any atom is 0.262 e. The lowest BCUT2D eigenvalue weighted by atomic mass is 10.3. The third-order valence-corrected chi connectivity index (χ3v) is 3.05. The fourth-order valence-corrected chi connectivity index (χ4v) is 1.71. The Morgan fingerprint density at radius 3 is 2.60 bits per heavy atom. The van der Waals surface area contributed by atoms with Crippen LogP contribution < -0.4 is 10.1 Å². The first-order valence-electron chi connectivity index (χ1n) is 5.68. The van der Waals surface area contributed by atoms with Crippen molar-refractivity contribution in [2.45, 2.75) is 0 Å². The molecule has 0 heterocycles. The summed E-state index contributed by atoms with van der Waals surface area (Å²) in [6, 6.07) is 9.94. The highest BCUT2D eigenvalue weighted by Gasteiger charge is 2.08. The SMILES string of the molecule is O=C(COc1ccc(Br)c(F)c1)Nc1ccccc1F. The van der Waals surface area contributed by atoms with Gasteiger partial charge in [-0.3, -0.25) is 4.79 Å². The molecule has 1 amide bonds. The van der Waals surface area contributed by atoms with Gasteiger partial charge in [0.25, 0.3) is 5.91 Å². The van der Waals surface area contributed by atoms with Crippen LogP contribution in [0.5, 0.6) is 5.75 Å². The summed E-state index contributed by atoms with van der Waals surface area (Å²) in [7, 11) is 0. The molecule has 0 spiro atoms. The highest BCUT2D eigenvalue weighted by atomic mass is 79.9. The molecule has 0 aromatic heterocycles. The van der Waals surface area contributed by atoms with Crippen LogP contribution in [0.25, 0.3) is 0 Å². The van der Waals surface area contributed by atoms with Gasteiger partial charge in [-0.15, -0.1) is 0 Å². The standard InChI is InChI=1S/C14H10BrF2NO2/c15-10-6-5-9(7-12(10)17)20-8-14(19)18-13-4-2-1-3-11(13)16/h1-7H,8H2,(H,18,19). The molecule has 0 saturated carbocycles. The summed E-state index contributed by atoms with van der Waals surface area (Å²) in [5.74, 6) is -1.33. The lowest BCUT2D eigenvalue weighted by molar-refractivity contribution is -0.118. The third-order valence-electron chi connectivity index (χ3n) is 2.41. The summed E-state index contributed by atoms with van der Waals surface area (Å²) in [6.07, 6.45) is 0. The van der Waals surface area contributed by atoms with Crippen molar-refractivity contribution in [2.75, 3.05) is 11.9 Å². The molecule has 0 saturated heterocycles. The molecular weight excluding hydrogens is 332 g/mol. The van der Waals surface area contributed by atoms with Crippen molar-refractivity contribution in [3.63, 3.8) is 0 Å². The molecule has 0 radical (unpaired) electrons. The summed E-state index contributed by atoms with van der Waals surface area (Å²) < 4.78 is 32.0. The second kappa shape index (κ2) is 6.47. The number of carbonyl (C=O) groups is 1. The van der Waals surface area contributed by atoms with E-state index in [-0.39, 0.29) is 18.0 Å². The molecule has 20 heavy (non-hydrogen) atoms. The normalized spacial score (nSPS) is 10.2. The largest absolute Gasteiger partial charge is 0.484 e. The van der Waals surface area contributed by atoms with Crippen LogP contribution in [0.15, 0.2) is 46.9 Å². The van der Waals surface area contributed by atoms with E-state index in [2.05, 4.69) is 21.2 Å². The summed E-state index contributed by atoms with van der Waals surface area (Å²) in [6.45, 7) is -0.338. The second-order valence-electron chi connectivity index (χ2n) is 3.89. The van der Waals surface area contributed by atoms with Crippen LogP contribution in [0.1, 0.15) is 0 Å². The predicted octanol–water partition coefficient (Wildman–Crippen LogP) is 3.74. The number of halogens is 3. The first-order chi connectivity index (χ1) is 9.56. The van der Waals surface area contributed by atoms with Crippen LogP contribution >= 0.6 is 15.9 Å². The number of rotatable bonds is 4. The van der Waals surface area contributed by atoms with Gasteiger partial charge in [-0.25, -0.2) is 8.78 Å². The number of hydrogen-bond acceptors (Lipinski definition) is 2. The minimum absolute atomic E-state index is 0.0723. The average molecular weight is 342 g/mol. The predicted molar refractivity (Wildman–Crippen MR) is 74.6 cm³/mol. The van der Waals surface area contributed by atoms with Gasteiger partial charge in [0, 0.05) is 6.07 Å². The van der Waals surface area contributed by atoms with E-state index in [0.717, 1.165) is 6.07 Å². The average Bonchev–Trinajstić information content (AvgIpc) is 2.43. The van der Waals surface area contributed by atoms with Crippen LogP contribution in [0.2, 0.25) is 0 Å². The molecule has 0 aliphatic carbocycles. The highest BCUT2D eigenvalue weighted by Crippen LogP contribution is 2.21. The number of anilines is 1. The van der Waals surface area contributed by atoms with E-state index in [1.807, 2.05) is 0 Å². The van der Waals surface area contributed by atoms with Crippen molar-refractivity contribution in [3.8, 4) is 5.75 Å². The topological polar surface area (TPSA) is 38.3 Å². The van der Waals surface area contributed by atoms with Crippen molar-refractivity contribution in [1.29, 1.82) is 0 Å². The minimum Gasteiger partial charge on any atom is -0.484 e. The van der Waals surface area contributed by atoms with E-state index in [4.69, 9.17) is 4.74 Å². The Kier molecular flexibility index (Phi) is 4.68.